The maximum Gasteiger partial charge on any atom is 0.342 e. The monoisotopic (exact) mass is 393 g/mol. The normalized spacial score (nSPS) is 11.8. The summed E-state index contributed by atoms with van der Waals surface area (Å²) in [4.78, 5) is 4.25. The van der Waals surface area contributed by atoms with E-state index in [-0.39, 0.29) is 16.7 Å². The van der Waals surface area contributed by atoms with Crippen molar-refractivity contribution < 1.29 is 12.6 Å². The van der Waals surface area contributed by atoms with Gasteiger partial charge in [0, 0.05) is 17.6 Å². The van der Waals surface area contributed by atoms with Gasteiger partial charge in [-0.3, -0.25) is 4.98 Å². The average molecular weight is 393 g/mol. The Morgan fingerprint density at radius 2 is 1.71 bits per heavy atom. The summed E-state index contributed by atoms with van der Waals surface area (Å²) in [6, 6.07) is 19.5. The number of pyridine rings is 1. The molecule has 0 spiro atoms. The third kappa shape index (κ3) is 3.36. The molecule has 0 bridgehead atoms. The molecule has 2 aromatic carbocycles. The quantitative estimate of drug-likeness (QED) is 0.472. The molecule has 0 saturated carbocycles. The molecule has 4 aromatic rings. The van der Waals surface area contributed by atoms with Crippen LogP contribution < -0.4 is 4.18 Å². The van der Waals surface area contributed by atoms with Crippen LogP contribution in [0.4, 0.5) is 0 Å². The van der Waals surface area contributed by atoms with Gasteiger partial charge in [-0.2, -0.15) is 18.2 Å². The molecule has 0 radical (unpaired) electrons. The molecule has 0 aliphatic rings. The summed E-state index contributed by atoms with van der Waals surface area (Å²) in [6.07, 6.45) is 1.56. The molecular weight excluding hydrogens is 374 g/mol. The second kappa shape index (κ2) is 7.09. The Hall–Kier alpha value is -3.19. The van der Waals surface area contributed by atoms with E-state index in [2.05, 4.69) is 10.1 Å². The molecule has 0 saturated heterocycles. The van der Waals surface area contributed by atoms with E-state index in [0.29, 0.717) is 5.52 Å². The molecule has 4 rings (SSSR count). The molecule has 0 atom stereocenters. The van der Waals surface area contributed by atoms with Crippen LogP contribution in [-0.4, -0.2) is 23.2 Å². The van der Waals surface area contributed by atoms with Gasteiger partial charge in [0.2, 0.25) is 5.88 Å². The number of rotatable bonds is 5. The van der Waals surface area contributed by atoms with Gasteiger partial charge in [-0.25, -0.2) is 0 Å². The molecule has 6 nitrogen and oxygen atoms in total. The molecule has 2 heterocycles. The summed E-state index contributed by atoms with van der Waals surface area (Å²) >= 11 is 0. The second-order valence-electron chi connectivity index (χ2n) is 6.68. The van der Waals surface area contributed by atoms with Gasteiger partial charge < -0.3 is 4.18 Å². The average Bonchev–Trinajstić information content (AvgIpc) is 3.11. The van der Waals surface area contributed by atoms with Gasteiger partial charge in [0.05, 0.1) is 16.9 Å². The highest BCUT2D eigenvalue weighted by molar-refractivity contribution is 7.87. The smallest absolute Gasteiger partial charge is 0.342 e. The highest BCUT2D eigenvalue weighted by atomic mass is 32.2. The maximum atomic E-state index is 13.1. The lowest BCUT2D eigenvalue weighted by Gasteiger charge is -2.10. The van der Waals surface area contributed by atoms with E-state index >= 15 is 0 Å². The predicted molar refractivity (Wildman–Crippen MR) is 107 cm³/mol. The second-order valence-corrected chi connectivity index (χ2v) is 8.19. The van der Waals surface area contributed by atoms with E-state index in [0.717, 1.165) is 16.8 Å². The predicted octanol–water partition coefficient (Wildman–Crippen LogP) is 4.31. The van der Waals surface area contributed by atoms with Crippen molar-refractivity contribution in [3.63, 3.8) is 0 Å². The Kier molecular flexibility index (Phi) is 4.60. The Morgan fingerprint density at radius 3 is 2.46 bits per heavy atom. The largest absolute Gasteiger partial charge is 0.358 e. The van der Waals surface area contributed by atoms with Crippen molar-refractivity contribution >= 4 is 21.0 Å². The molecule has 142 valence electrons. The lowest BCUT2D eigenvalue weighted by molar-refractivity contribution is 0.465. The van der Waals surface area contributed by atoms with Gasteiger partial charge in [0.25, 0.3) is 0 Å². The van der Waals surface area contributed by atoms with Gasteiger partial charge in [0.15, 0.2) is 0 Å². The maximum absolute atomic E-state index is 13.1. The van der Waals surface area contributed by atoms with E-state index in [1.807, 2.05) is 56.3 Å². The van der Waals surface area contributed by atoms with Gasteiger partial charge in [-0.15, -0.1) is 0 Å². The first kappa shape index (κ1) is 18.2. The minimum atomic E-state index is -4.11. The zero-order valence-corrected chi connectivity index (χ0v) is 16.3. The summed E-state index contributed by atoms with van der Waals surface area (Å²) in [5, 5.41) is 5.26. The Morgan fingerprint density at radius 1 is 0.964 bits per heavy atom. The van der Waals surface area contributed by atoms with Crippen LogP contribution in [0.2, 0.25) is 0 Å². The van der Waals surface area contributed by atoms with Crippen molar-refractivity contribution in [2.75, 3.05) is 0 Å². The molecule has 0 N–H and O–H groups in total. The number of fused-ring (bicyclic) bond motifs is 1. The van der Waals surface area contributed by atoms with Crippen molar-refractivity contribution in [3.05, 3.63) is 78.6 Å². The van der Waals surface area contributed by atoms with Gasteiger partial charge in [-0.1, -0.05) is 50.2 Å². The molecule has 0 aliphatic carbocycles. The lowest BCUT2D eigenvalue weighted by atomic mass is 10.1. The fraction of sp³-hybridized carbons (Fsp3) is 0.143. The van der Waals surface area contributed by atoms with Crippen LogP contribution in [0, 0.1) is 0 Å². The molecule has 0 aliphatic heterocycles. The Balaban J connectivity index is 1.82. The number of benzene rings is 2. The molecular formula is C21H19N3O3S. The van der Waals surface area contributed by atoms with Crippen molar-refractivity contribution in [1.82, 2.24) is 14.8 Å². The first-order valence-corrected chi connectivity index (χ1v) is 10.3. The van der Waals surface area contributed by atoms with E-state index in [4.69, 9.17) is 4.18 Å². The molecule has 0 unspecified atom stereocenters. The fourth-order valence-corrected chi connectivity index (χ4v) is 4.00. The number of hydrogen-bond acceptors (Lipinski definition) is 5. The van der Waals surface area contributed by atoms with Crippen LogP contribution in [0.15, 0.2) is 77.8 Å². The van der Waals surface area contributed by atoms with Crippen LogP contribution in [0.1, 0.15) is 25.5 Å². The summed E-state index contributed by atoms with van der Waals surface area (Å²) < 4.78 is 33.2. The first-order valence-electron chi connectivity index (χ1n) is 8.89. The van der Waals surface area contributed by atoms with Crippen LogP contribution in [0.3, 0.4) is 0 Å². The third-order valence-corrected chi connectivity index (χ3v) is 5.61. The van der Waals surface area contributed by atoms with E-state index < -0.39 is 10.1 Å². The van der Waals surface area contributed by atoms with Crippen LogP contribution in [0.5, 0.6) is 5.88 Å². The van der Waals surface area contributed by atoms with Crippen molar-refractivity contribution in [2.45, 2.75) is 24.7 Å². The minimum absolute atomic E-state index is 0.0255. The Labute approximate surface area is 163 Å². The zero-order chi connectivity index (χ0) is 19.7. The first-order chi connectivity index (χ1) is 13.5. The summed E-state index contributed by atoms with van der Waals surface area (Å²) in [6.45, 7) is 3.98. The van der Waals surface area contributed by atoms with Crippen LogP contribution in [-0.2, 0) is 10.1 Å². The van der Waals surface area contributed by atoms with E-state index in [9.17, 15) is 8.42 Å². The summed E-state index contributed by atoms with van der Waals surface area (Å²) in [5.41, 5.74) is 1.83. The van der Waals surface area contributed by atoms with Gasteiger partial charge >= 0.3 is 10.1 Å². The number of para-hydroxylation sites is 2. The van der Waals surface area contributed by atoms with Crippen molar-refractivity contribution in [1.29, 1.82) is 0 Å². The topological polar surface area (TPSA) is 74.1 Å². The van der Waals surface area contributed by atoms with Crippen LogP contribution >= 0.6 is 0 Å². The SMILES string of the molecule is CC(C)c1cc(OS(=O)(=O)c2cccc3cccnc23)n(-c2ccccc2)n1. The molecule has 0 amide bonds. The number of nitrogens with zero attached hydrogens (tertiary/aromatic N) is 3. The zero-order valence-electron chi connectivity index (χ0n) is 15.5. The summed E-state index contributed by atoms with van der Waals surface area (Å²) in [5.74, 6) is 0.261. The molecule has 28 heavy (non-hydrogen) atoms. The minimum Gasteiger partial charge on any atom is -0.358 e. The van der Waals surface area contributed by atoms with Gasteiger partial charge in [0.1, 0.15) is 4.90 Å². The molecule has 2 aromatic heterocycles. The third-order valence-electron chi connectivity index (χ3n) is 4.35. The number of hydrogen-bond donors (Lipinski definition) is 0. The van der Waals surface area contributed by atoms with Crippen molar-refractivity contribution in [3.8, 4) is 11.6 Å². The fourth-order valence-electron chi connectivity index (χ4n) is 2.91. The van der Waals surface area contributed by atoms with Crippen LogP contribution in [0.25, 0.3) is 16.6 Å². The van der Waals surface area contributed by atoms with Gasteiger partial charge in [-0.05, 0) is 30.2 Å². The van der Waals surface area contributed by atoms with Crippen molar-refractivity contribution in [2.24, 2.45) is 0 Å². The standard InChI is InChI=1S/C21H19N3O3S/c1-15(2)18-14-20(24(23-18)17-10-4-3-5-11-17)27-28(25,26)19-12-6-8-16-9-7-13-22-21(16)19/h3-15H,1-2H3. The lowest BCUT2D eigenvalue weighted by Crippen LogP contribution is -2.13. The van der Waals surface area contributed by atoms with E-state index in [1.54, 1.807) is 24.4 Å². The molecule has 7 heteroatoms. The Bertz CT molecular complexity index is 1230. The highest BCUT2D eigenvalue weighted by Gasteiger charge is 2.24. The summed E-state index contributed by atoms with van der Waals surface area (Å²) in [7, 11) is -4.11. The van der Waals surface area contributed by atoms with E-state index in [1.165, 1.54) is 10.7 Å². The highest BCUT2D eigenvalue weighted by Crippen LogP contribution is 2.28. The molecule has 0 fully saturated rings. The number of aromatic nitrogens is 3.